The molecular formula is C11H20N2OS. The minimum absolute atomic E-state index is 0.164. The van der Waals surface area contributed by atoms with Gasteiger partial charge in [-0.2, -0.15) is 11.8 Å². The van der Waals surface area contributed by atoms with Crippen LogP contribution in [-0.2, 0) is 4.79 Å². The van der Waals surface area contributed by atoms with E-state index >= 15 is 0 Å². The van der Waals surface area contributed by atoms with Crippen LogP contribution in [0.3, 0.4) is 0 Å². The van der Waals surface area contributed by atoms with Crippen molar-refractivity contribution in [1.82, 2.24) is 4.90 Å². The molecular weight excluding hydrogens is 208 g/mol. The van der Waals surface area contributed by atoms with Gasteiger partial charge in [-0.05, 0) is 25.7 Å². The number of hydrogen-bond donors (Lipinski definition) is 1. The second kappa shape index (κ2) is 3.98. The predicted molar refractivity (Wildman–Crippen MR) is 63.8 cm³/mol. The Labute approximate surface area is 95.8 Å². The van der Waals surface area contributed by atoms with E-state index in [1.165, 1.54) is 0 Å². The summed E-state index contributed by atoms with van der Waals surface area (Å²) in [6.45, 7) is 5.81. The lowest BCUT2D eigenvalue weighted by atomic mass is 9.95. The van der Waals surface area contributed by atoms with Crippen molar-refractivity contribution in [2.75, 3.05) is 18.8 Å². The molecule has 0 radical (unpaired) electrons. The maximum Gasteiger partial charge on any atom is 0.242 e. The average molecular weight is 228 g/mol. The Morgan fingerprint density at radius 1 is 1.53 bits per heavy atom. The van der Waals surface area contributed by atoms with E-state index in [1.54, 1.807) is 0 Å². The van der Waals surface area contributed by atoms with Crippen molar-refractivity contribution in [2.45, 2.75) is 37.5 Å². The first-order valence-corrected chi connectivity index (χ1v) is 6.76. The first-order chi connectivity index (χ1) is 7.01. The predicted octanol–water partition coefficient (Wildman–Crippen LogP) is 1.08. The third-order valence-electron chi connectivity index (χ3n) is 3.41. The van der Waals surface area contributed by atoms with Crippen LogP contribution < -0.4 is 5.73 Å². The molecule has 1 aliphatic heterocycles. The highest BCUT2D eigenvalue weighted by Gasteiger charge is 2.46. The molecule has 2 unspecified atom stereocenters. The van der Waals surface area contributed by atoms with Gasteiger partial charge in [-0.25, -0.2) is 0 Å². The maximum absolute atomic E-state index is 12.2. The second-order valence-electron chi connectivity index (χ2n) is 4.99. The first kappa shape index (κ1) is 11.3. The van der Waals surface area contributed by atoms with Crippen LogP contribution >= 0.6 is 11.8 Å². The molecule has 0 bridgehead atoms. The van der Waals surface area contributed by atoms with Crippen LogP contribution in [0.1, 0.15) is 26.7 Å². The summed E-state index contributed by atoms with van der Waals surface area (Å²) in [6.07, 6.45) is 2.24. The zero-order chi connectivity index (χ0) is 11.1. The van der Waals surface area contributed by atoms with Gasteiger partial charge in [0, 0.05) is 24.1 Å². The van der Waals surface area contributed by atoms with Gasteiger partial charge in [-0.1, -0.05) is 6.92 Å². The zero-order valence-electron chi connectivity index (χ0n) is 9.53. The third kappa shape index (κ3) is 2.31. The van der Waals surface area contributed by atoms with E-state index in [4.69, 9.17) is 5.73 Å². The summed E-state index contributed by atoms with van der Waals surface area (Å²) in [5, 5.41) is 0.553. The van der Waals surface area contributed by atoms with E-state index in [0.29, 0.717) is 11.2 Å². The van der Waals surface area contributed by atoms with Gasteiger partial charge in [0.15, 0.2) is 0 Å². The number of rotatable bonds is 2. The molecule has 1 heterocycles. The number of carbonyl (C=O) groups excluding carboxylic acids is 1. The molecule has 2 aliphatic rings. The normalized spacial score (nSPS) is 31.1. The quantitative estimate of drug-likeness (QED) is 0.769. The summed E-state index contributed by atoms with van der Waals surface area (Å²) in [4.78, 5) is 14.2. The van der Waals surface area contributed by atoms with E-state index in [9.17, 15) is 4.79 Å². The van der Waals surface area contributed by atoms with Crippen LogP contribution in [0, 0.1) is 5.92 Å². The summed E-state index contributed by atoms with van der Waals surface area (Å²) in [5.74, 6) is 1.64. The highest BCUT2D eigenvalue weighted by molar-refractivity contribution is 7.99. The molecule has 1 saturated heterocycles. The molecule has 2 atom stereocenters. The van der Waals surface area contributed by atoms with Crippen LogP contribution in [-0.4, -0.2) is 40.4 Å². The molecule has 1 saturated carbocycles. The van der Waals surface area contributed by atoms with E-state index in [2.05, 4.69) is 6.92 Å². The Morgan fingerprint density at radius 2 is 2.20 bits per heavy atom. The molecule has 0 aromatic carbocycles. The molecule has 1 amide bonds. The molecule has 86 valence electrons. The van der Waals surface area contributed by atoms with Gasteiger partial charge in [0.05, 0.1) is 5.54 Å². The van der Waals surface area contributed by atoms with Gasteiger partial charge < -0.3 is 10.6 Å². The minimum Gasteiger partial charge on any atom is -0.339 e. The Hall–Kier alpha value is -0.220. The average Bonchev–Trinajstić information content (AvgIpc) is 2.99. The summed E-state index contributed by atoms with van der Waals surface area (Å²) >= 11 is 1.94. The fourth-order valence-corrected chi connectivity index (χ4v) is 3.21. The number of nitrogens with zero attached hydrogens (tertiary/aromatic N) is 1. The van der Waals surface area contributed by atoms with Crippen LogP contribution in [0.15, 0.2) is 0 Å². The summed E-state index contributed by atoms with van der Waals surface area (Å²) in [7, 11) is 0. The van der Waals surface area contributed by atoms with Crippen LogP contribution in [0.5, 0.6) is 0 Å². The van der Waals surface area contributed by atoms with Crippen molar-refractivity contribution in [3.63, 3.8) is 0 Å². The van der Waals surface area contributed by atoms with Crippen molar-refractivity contribution in [1.29, 1.82) is 0 Å². The summed E-state index contributed by atoms with van der Waals surface area (Å²) in [5.41, 5.74) is 5.53. The largest absolute Gasteiger partial charge is 0.339 e. The molecule has 1 aliphatic carbocycles. The van der Waals surface area contributed by atoms with Gasteiger partial charge in [-0.3, -0.25) is 4.79 Å². The standard InChI is InChI=1S/C11H20N2OS/c1-8-7-13(5-6-15-8)10(14)11(2,12)9-3-4-9/h8-9H,3-7,12H2,1-2H3. The van der Waals surface area contributed by atoms with E-state index in [1.807, 2.05) is 23.6 Å². The Morgan fingerprint density at radius 3 is 2.73 bits per heavy atom. The summed E-state index contributed by atoms with van der Waals surface area (Å²) < 4.78 is 0. The molecule has 0 aromatic heterocycles. The molecule has 2 fully saturated rings. The second-order valence-corrected chi connectivity index (χ2v) is 6.54. The van der Waals surface area contributed by atoms with E-state index in [-0.39, 0.29) is 5.91 Å². The van der Waals surface area contributed by atoms with Crippen LogP contribution in [0.25, 0.3) is 0 Å². The van der Waals surface area contributed by atoms with Gasteiger partial charge in [0.25, 0.3) is 0 Å². The summed E-state index contributed by atoms with van der Waals surface area (Å²) in [6, 6.07) is 0. The van der Waals surface area contributed by atoms with Gasteiger partial charge in [0.1, 0.15) is 0 Å². The number of nitrogens with two attached hydrogens (primary N) is 1. The SMILES string of the molecule is CC1CN(C(=O)C(C)(N)C2CC2)CCS1. The van der Waals surface area contributed by atoms with Crippen molar-refractivity contribution in [2.24, 2.45) is 11.7 Å². The maximum atomic E-state index is 12.2. The van der Waals surface area contributed by atoms with Gasteiger partial charge >= 0.3 is 0 Å². The van der Waals surface area contributed by atoms with Crippen LogP contribution in [0.2, 0.25) is 0 Å². The molecule has 3 nitrogen and oxygen atoms in total. The number of thioether (sulfide) groups is 1. The van der Waals surface area contributed by atoms with E-state index in [0.717, 1.165) is 31.7 Å². The third-order valence-corrected chi connectivity index (χ3v) is 4.55. The highest BCUT2D eigenvalue weighted by Crippen LogP contribution is 2.39. The molecule has 15 heavy (non-hydrogen) atoms. The molecule has 4 heteroatoms. The number of hydrogen-bond acceptors (Lipinski definition) is 3. The molecule has 2 N–H and O–H groups in total. The van der Waals surface area contributed by atoms with Crippen molar-refractivity contribution >= 4 is 17.7 Å². The Balaban J connectivity index is 1.99. The lowest BCUT2D eigenvalue weighted by Crippen LogP contribution is -2.57. The Kier molecular flexibility index (Phi) is 2.99. The highest BCUT2D eigenvalue weighted by atomic mass is 32.2. The van der Waals surface area contributed by atoms with Crippen LogP contribution in [0.4, 0.5) is 0 Å². The van der Waals surface area contributed by atoms with Gasteiger partial charge in [-0.15, -0.1) is 0 Å². The Bertz CT molecular complexity index is 263. The van der Waals surface area contributed by atoms with E-state index < -0.39 is 5.54 Å². The molecule has 0 aromatic rings. The fraction of sp³-hybridized carbons (Fsp3) is 0.909. The molecule has 0 spiro atoms. The van der Waals surface area contributed by atoms with Gasteiger partial charge in [0.2, 0.25) is 5.91 Å². The van der Waals surface area contributed by atoms with Crippen molar-refractivity contribution in [3.05, 3.63) is 0 Å². The number of carbonyl (C=O) groups is 1. The zero-order valence-corrected chi connectivity index (χ0v) is 10.3. The van der Waals surface area contributed by atoms with Crippen molar-refractivity contribution < 1.29 is 4.79 Å². The lowest BCUT2D eigenvalue weighted by Gasteiger charge is -2.36. The first-order valence-electron chi connectivity index (χ1n) is 5.71. The lowest BCUT2D eigenvalue weighted by molar-refractivity contribution is -0.137. The fourth-order valence-electron chi connectivity index (χ4n) is 2.20. The minimum atomic E-state index is -0.609. The smallest absolute Gasteiger partial charge is 0.242 e. The number of amides is 1. The van der Waals surface area contributed by atoms with Crippen molar-refractivity contribution in [3.8, 4) is 0 Å². The topological polar surface area (TPSA) is 46.3 Å². The molecule has 2 rings (SSSR count). The monoisotopic (exact) mass is 228 g/mol.